The third kappa shape index (κ3) is 7.59. The zero-order valence-electron chi connectivity index (χ0n) is 15.8. The van der Waals surface area contributed by atoms with Crippen molar-refractivity contribution >= 4 is 17.5 Å². The molecule has 0 fully saturated rings. The van der Waals surface area contributed by atoms with E-state index in [1.807, 2.05) is 45.0 Å². The molecule has 5 heteroatoms. The van der Waals surface area contributed by atoms with Gasteiger partial charge in [-0.1, -0.05) is 26.0 Å². The van der Waals surface area contributed by atoms with Gasteiger partial charge < -0.3 is 10.6 Å². The molecule has 0 saturated heterocycles. The molecule has 2 N–H and O–H groups in total. The fourth-order valence-electron chi connectivity index (χ4n) is 2.34. The van der Waals surface area contributed by atoms with Gasteiger partial charge in [-0.2, -0.15) is 0 Å². The van der Waals surface area contributed by atoms with Crippen molar-refractivity contribution < 1.29 is 9.59 Å². The Kier molecular flexibility index (Phi) is 7.42. The van der Waals surface area contributed by atoms with E-state index in [2.05, 4.69) is 24.5 Å². The molecule has 1 unspecified atom stereocenters. The van der Waals surface area contributed by atoms with Crippen molar-refractivity contribution in [3.05, 3.63) is 29.8 Å². The summed E-state index contributed by atoms with van der Waals surface area (Å²) < 4.78 is 0. The summed E-state index contributed by atoms with van der Waals surface area (Å²) in [6.07, 6.45) is 1.09. The van der Waals surface area contributed by atoms with Gasteiger partial charge in [0, 0.05) is 11.2 Å². The van der Waals surface area contributed by atoms with Crippen LogP contribution in [0.4, 0.5) is 5.69 Å². The Morgan fingerprint density at radius 1 is 1.08 bits per heavy atom. The summed E-state index contributed by atoms with van der Waals surface area (Å²) in [7, 11) is 1.76. The molecule has 0 bridgehead atoms. The molecule has 0 aliphatic carbocycles. The van der Waals surface area contributed by atoms with Crippen LogP contribution in [-0.2, 0) is 9.59 Å². The number of nitrogens with zero attached hydrogens (tertiary/aromatic N) is 1. The fourth-order valence-corrected chi connectivity index (χ4v) is 2.34. The molecule has 0 saturated carbocycles. The molecule has 5 nitrogen and oxygen atoms in total. The molecule has 0 aromatic heterocycles. The third-order valence-corrected chi connectivity index (χ3v) is 3.72. The summed E-state index contributed by atoms with van der Waals surface area (Å²) in [5, 5.41) is 5.75. The number of likely N-dealkylation sites (N-methyl/N-ethyl adjacent to an activating group) is 1. The Morgan fingerprint density at radius 2 is 1.62 bits per heavy atom. The number of amides is 2. The van der Waals surface area contributed by atoms with Gasteiger partial charge in [0.1, 0.15) is 0 Å². The molecular formula is C19H31N3O2. The van der Waals surface area contributed by atoms with Gasteiger partial charge in [-0.25, -0.2) is 0 Å². The first-order chi connectivity index (χ1) is 11.1. The van der Waals surface area contributed by atoms with Crippen LogP contribution < -0.4 is 10.6 Å². The molecule has 0 aliphatic rings. The van der Waals surface area contributed by atoms with Gasteiger partial charge in [0.25, 0.3) is 0 Å². The van der Waals surface area contributed by atoms with Crippen LogP contribution in [0.2, 0.25) is 0 Å². The average Bonchev–Trinajstić information content (AvgIpc) is 2.44. The van der Waals surface area contributed by atoms with Crippen LogP contribution in [0.5, 0.6) is 0 Å². The standard InChI is InChI=1S/C19H31N3O2/c1-7-14(2)15-8-10-16(11-9-15)20-17(23)12-22(6)13-18(24)21-19(3,4)5/h8-11,14H,7,12-13H2,1-6H3,(H,20,23)(H,21,24). The quantitative estimate of drug-likeness (QED) is 0.806. The molecule has 0 radical (unpaired) electrons. The summed E-state index contributed by atoms with van der Waals surface area (Å²) >= 11 is 0. The number of hydrogen-bond acceptors (Lipinski definition) is 3. The summed E-state index contributed by atoms with van der Waals surface area (Å²) in [4.78, 5) is 25.6. The molecule has 1 aromatic carbocycles. The average molecular weight is 333 g/mol. The molecule has 1 aromatic rings. The first-order valence-electron chi connectivity index (χ1n) is 8.50. The van der Waals surface area contributed by atoms with Crippen LogP contribution in [0.3, 0.4) is 0 Å². The minimum absolute atomic E-state index is 0.0873. The minimum atomic E-state index is -0.266. The van der Waals surface area contributed by atoms with Crippen LogP contribution >= 0.6 is 0 Å². The summed E-state index contributed by atoms with van der Waals surface area (Å²) in [5.41, 5.74) is 1.78. The molecule has 1 rings (SSSR count). The lowest BCUT2D eigenvalue weighted by Gasteiger charge is -2.23. The highest BCUT2D eigenvalue weighted by Gasteiger charge is 2.16. The summed E-state index contributed by atoms with van der Waals surface area (Å²) in [5.74, 6) is 0.301. The van der Waals surface area contributed by atoms with E-state index in [-0.39, 0.29) is 30.4 Å². The Labute approximate surface area is 145 Å². The smallest absolute Gasteiger partial charge is 0.238 e. The fraction of sp³-hybridized carbons (Fsp3) is 0.579. The topological polar surface area (TPSA) is 61.4 Å². The normalized spacial score (nSPS) is 12.8. The van der Waals surface area contributed by atoms with Crippen molar-refractivity contribution in [2.45, 2.75) is 52.5 Å². The Hall–Kier alpha value is -1.88. The Morgan fingerprint density at radius 3 is 2.12 bits per heavy atom. The van der Waals surface area contributed by atoms with Crippen molar-refractivity contribution in [2.24, 2.45) is 0 Å². The third-order valence-electron chi connectivity index (χ3n) is 3.72. The van der Waals surface area contributed by atoms with E-state index < -0.39 is 0 Å². The predicted octanol–water partition coefficient (Wildman–Crippen LogP) is 2.99. The van der Waals surface area contributed by atoms with E-state index in [1.54, 1.807) is 11.9 Å². The maximum absolute atomic E-state index is 12.1. The minimum Gasteiger partial charge on any atom is -0.350 e. The number of nitrogens with one attached hydrogen (secondary N) is 2. The maximum atomic E-state index is 12.1. The van der Waals surface area contributed by atoms with Gasteiger partial charge in [0.2, 0.25) is 11.8 Å². The van der Waals surface area contributed by atoms with Crippen LogP contribution in [0.15, 0.2) is 24.3 Å². The molecule has 0 aliphatic heterocycles. The van der Waals surface area contributed by atoms with E-state index >= 15 is 0 Å². The highest BCUT2D eigenvalue weighted by atomic mass is 16.2. The van der Waals surface area contributed by atoms with Gasteiger partial charge >= 0.3 is 0 Å². The molecule has 134 valence electrons. The molecule has 0 heterocycles. The molecule has 0 spiro atoms. The Balaban J connectivity index is 2.46. The van der Waals surface area contributed by atoms with E-state index in [9.17, 15) is 9.59 Å². The number of hydrogen-bond donors (Lipinski definition) is 2. The predicted molar refractivity (Wildman–Crippen MR) is 99.2 cm³/mol. The van der Waals surface area contributed by atoms with E-state index in [0.717, 1.165) is 12.1 Å². The van der Waals surface area contributed by atoms with Gasteiger partial charge in [0.05, 0.1) is 13.1 Å². The summed E-state index contributed by atoms with van der Waals surface area (Å²) in [6.45, 7) is 10.5. The van der Waals surface area contributed by atoms with Crippen molar-refractivity contribution in [2.75, 3.05) is 25.5 Å². The summed E-state index contributed by atoms with van der Waals surface area (Å²) in [6, 6.07) is 7.94. The van der Waals surface area contributed by atoms with Crippen molar-refractivity contribution in [1.29, 1.82) is 0 Å². The van der Waals surface area contributed by atoms with Crippen molar-refractivity contribution in [3.63, 3.8) is 0 Å². The molecule has 2 amide bonds. The zero-order valence-corrected chi connectivity index (χ0v) is 15.8. The highest BCUT2D eigenvalue weighted by molar-refractivity contribution is 5.92. The lowest BCUT2D eigenvalue weighted by atomic mass is 9.99. The van der Waals surface area contributed by atoms with Crippen LogP contribution in [-0.4, -0.2) is 42.4 Å². The van der Waals surface area contributed by atoms with Gasteiger partial charge in [-0.05, 0) is 57.9 Å². The van der Waals surface area contributed by atoms with E-state index in [0.29, 0.717) is 5.92 Å². The lowest BCUT2D eigenvalue weighted by molar-refractivity contribution is -0.124. The molecule has 24 heavy (non-hydrogen) atoms. The van der Waals surface area contributed by atoms with Crippen molar-refractivity contribution in [3.8, 4) is 0 Å². The second kappa shape index (κ2) is 8.83. The second-order valence-corrected chi connectivity index (χ2v) is 7.45. The number of benzene rings is 1. The SMILES string of the molecule is CCC(C)c1ccc(NC(=O)CN(C)CC(=O)NC(C)(C)C)cc1. The lowest BCUT2D eigenvalue weighted by Crippen LogP contribution is -2.46. The number of carbonyl (C=O) groups is 2. The number of rotatable bonds is 7. The molecule has 1 atom stereocenters. The maximum Gasteiger partial charge on any atom is 0.238 e. The zero-order chi connectivity index (χ0) is 18.3. The van der Waals surface area contributed by atoms with Crippen LogP contribution in [0, 0.1) is 0 Å². The number of carbonyl (C=O) groups excluding carboxylic acids is 2. The van der Waals surface area contributed by atoms with Gasteiger partial charge in [0.15, 0.2) is 0 Å². The van der Waals surface area contributed by atoms with Crippen molar-refractivity contribution in [1.82, 2.24) is 10.2 Å². The van der Waals surface area contributed by atoms with Gasteiger partial charge in [-0.3, -0.25) is 14.5 Å². The van der Waals surface area contributed by atoms with E-state index in [4.69, 9.17) is 0 Å². The number of anilines is 1. The van der Waals surface area contributed by atoms with E-state index in [1.165, 1.54) is 5.56 Å². The van der Waals surface area contributed by atoms with Gasteiger partial charge in [-0.15, -0.1) is 0 Å². The first-order valence-corrected chi connectivity index (χ1v) is 8.50. The van der Waals surface area contributed by atoms with Crippen LogP contribution in [0.1, 0.15) is 52.5 Å². The first kappa shape index (κ1) is 20.2. The Bertz CT molecular complexity index is 547. The largest absolute Gasteiger partial charge is 0.350 e. The highest BCUT2D eigenvalue weighted by Crippen LogP contribution is 2.20. The second-order valence-electron chi connectivity index (χ2n) is 7.45. The van der Waals surface area contributed by atoms with Crippen LogP contribution in [0.25, 0.3) is 0 Å². The monoisotopic (exact) mass is 333 g/mol. The molecular weight excluding hydrogens is 302 g/mol.